The number of fused-ring (bicyclic) bond motifs is 9. The van der Waals surface area contributed by atoms with Crippen LogP contribution in [0.3, 0.4) is 0 Å². The first kappa shape index (κ1) is 25.3. The van der Waals surface area contributed by atoms with Crippen LogP contribution in [0.1, 0.15) is 57.3 Å². The monoisotopic (exact) mass is 561 g/mol. The maximum Gasteiger partial charge on any atom is 0.221 e. The molecule has 0 unspecified atom stereocenters. The molecule has 5 aromatic rings. The number of aromatic nitrogens is 2. The van der Waals surface area contributed by atoms with Crippen LogP contribution in [-0.4, -0.2) is 13.1 Å². The van der Waals surface area contributed by atoms with Crippen LogP contribution < -0.4 is 14.0 Å². The van der Waals surface area contributed by atoms with E-state index in [1.807, 2.05) is 0 Å². The summed E-state index contributed by atoms with van der Waals surface area (Å²) < 4.78 is 5.00. The van der Waals surface area contributed by atoms with Crippen molar-refractivity contribution in [2.75, 3.05) is 18.0 Å². The average molecular weight is 562 g/mol. The van der Waals surface area contributed by atoms with Crippen LogP contribution in [0.25, 0.3) is 45.4 Å². The summed E-state index contributed by atoms with van der Waals surface area (Å²) in [5.74, 6) is 0. The van der Waals surface area contributed by atoms with E-state index in [1.165, 1.54) is 99.9 Å². The van der Waals surface area contributed by atoms with E-state index in [0.29, 0.717) is 0 Å². The summed E-state index contributed by atoms with van der Waals surface area (Å²) in [6.07, 6.45) is 16.5. The minimum Gasteiger partial charge on any atom is -0.371 e. The highest BCUT2D eigenvalue weighted by Gasteiger charge is 2.37. The predicted molar refractivity (Wildman–Crippen MR) is 176 cm³/mol. The highest BCUT2D eigenvalue weighted by atomic mass is 15.1. The molecule has 0 spiro atoms. The second kappa shape index (κ2) is 9.64. The number of nitrogens with zero attached hydrogens (tertiary/aromatic N) is 3. The number of hydrogen-bond acceptors (Lipinski definition) is 1. The fourth-order valence-electron chi connectivity index (χ4n) is 8.66. The molecule has 3 heteroatoms. The number of benzene rings is 3. The minimum atomic E-state index is 1.03. The van der Waals surface area contributed by atoms with E-state index < -0.39 is 0 Å². The van der Waals surface area contributed by atoms with Crippen molar-refractivity contribution >= 4 is 28.6 Å². The average Bonchev–Trinajstić information content (AvgIpc) is 3.05. The van der Waals surface area contributed by atoms with Gasteiger partial charge in [-0.2, -0.15) is 9.13 Å². The third kappa shape index (κ3) is 3.87. The Kier molecular flexibility index (Phi) is 5.67. The normalized spacial score (nSPS) is 16.5. The molecule has 9 rings (SSSR count). The number of hydrogen-bond donors (Lipinski definition) is 0. The fourth-order valence-corrected chi connectivity index (χ4v) is 8.66. The number of aryl methyl sites for hydroxylation is 4. The maximum absolute atomic E-state index is 2.63. The van der Waals surface area contributed by atoms with Crippen LogP contribution in [0.4, 0.5) is 5.69 Å². The van der Waals surface area contributed by atoms with Crippen molar-refractivity contribution in [2.24, 2.45) is 0 Å². The lowest BCUT2D eigenvalue weighted by Crippen LogP contribution is -2.43. The van der Waals surface area contributed by atoms with E-state index in [0.717, 1.165) is 25.9 Å². The van der Waals surface area contributed by atoms with Gasteiger partial charge in [-0.3, -0.25) is 0 Å². The molecule has 0 saturated heterocycles. The summed E-state index contributed by atoms with van der Waals surface area (Å²) in [7, 11) is 0. The molecular formula is C40H39N3+2. The van der Waals surface area contributed by atoms with Crippen LogP contribution >= 0.6 is 0 Å². The van der Waals surface area contributed by atoms with Crippen LogP contribution in [0, 0.1) is 13.8 Å². The summed E-state index contributed by atoms with van der Waals surface area (Å²) in [5, 5.41) is 2.68. The predicted octanol–water partition coefficient (Wildman–Crippen LogP) is 7.35. The van der Waals surface area contributed by atoms with E-state index in [2.05, 4.69) is 107 Å². The van der Waals surface area contributed by atoms with Crippen molar-refractivity contribution in [3.63, 3.8) is 0 Å². The van der Waals surface area contributed by atoms with Crippen LogP contribution in [0.5, 0.6) is 0 Å². The first-order chi connectivity index (χ1) is 21.1. The molecule has 3 nitrogen and oxygen atoms in total. The summed E-state index contributed by atoms with van der Waals surface area (Å²) in [6, 6.07) is 20.9. The Bertz CT molecular complexity index is 1980. The Morgan fingerprint density at radius 3 is 2.14 bits per heavy atom. The van der Waals surface area contributed by atoms with Gasteiger partial charge in [-0.1, -0.05) is 30.4 Å². The summed E-state index contributed by atoms with van der Waals surface area (Å²) in [6.45, 7) is 9.25. The zero-order chi connectivity index (χ0) is 28.7. The summed E-state index contributed by atoms with van der Waals surface area (Å²) in [4.78, 5) is 2.63. The second-order valence-electron chi connectivity index (χ2n) is 13.2. The van der Waals surface area contributed by atoms with Gasteiger partial charge in [0, 0.05) is 49.8 Å². The lowest BCUT2D eigenvalue weighted by Gasteiger charge is -2.37. The molecule has 0 radical (unpaired) electrons. The zero-order valence-corrected chi connectivity index (χ0v) is 25.4. The van der Waals surface area contributed by atoms with Crippen molar-refractivity contribution in [2.45, 2.75) is 65.5 Å². The fraction of sp³-hybridized carbons (Fsp3) is 0.300. The molecule has 2 aromatic heterocycles. The smallest absolute Gasteiger partial charge is 0.221 e. The Morgan fingerprint density at radius 1 is 0.674 bits per heavy atom. The molecule has 4 aliphatic heterocycles. The van der Waals surface area contributed by atoms with Gasteiger partial charge in [-0.25, -0.2) is 0 Å². The van der Waals surface area contributed by atoms with Gasteiger partial charge < -0.3 is 4.90 Å². The molecule has 0 bridgehead atoms. The molecule has 0 atom stereocenters. The Hall–Kier alpha value is -4.24. The van der Waals surface area contributed by atoms with E-state index in [1.54, 1.807) is 22.4 Å². The van der Waals surface area contributed by atoms with Gasteiger partial charge in [-0.05, 0) is 108 Å². The summed E-state index contributed by atoms with van der Waals surface area (Å²) in [5.41, 5.74) is 19.0. The molecule has 3 aromatic carbocycles. The molecule has 0 saturated carbocycles. The van der Waals surface area contributed by atoms with Crippen molar-refractivity contribution in [1.29, 1.82) is 0 Å². The molecular weight excluding hydrogens is 522 g/mol. The van der Waals surface area contributed by atoms with Gasteiger partial charge in [0.15, 0.2) is 25.5 Å². The van der Waals surface area contributed by atoms with Crippen molar-refractivity contribution < 1.29 is 9.13 Å². The van der Waals surface area contributed by atoms with Gasteiger partial charge in [0.25, 0.3) is 0 Å². The van der Waals surface area contributed by atoms with Crippen LogP contribution in [-0.2, 0) is 38.8 Å². The molecule has 0 amide bonds. The van der Waals surface area contributed by atoms with Crippen molar-refractivity contribution in [3.8, 4) is 22.5 Å². The van der Waals surface area contributed by atoms with E-state index in [4.69, 9.17) is 0 Å². The molecule has 4 aliphatic rings. The Labute approximate surface area is 254 Å². The number of anilines is 1. The van der Waals surface area contributed by atoms with Gasteiger partial charge >= 0.3 is 0 Å². The van der Waals surface area contributed by atoms with E-state index in [9.17, 15) is 0 Å². The molecule has 6 heterocycles. The maximum atomic E-state index is 2.63. The van der Waals surface area contributed by atoms with Gasteiger partial charge in [0.1, 0.15) is 0 Å². The van der Waals surface area contributed by atoms with E-state index in [-0.39, 0.29) is 0 Å². The first-order valence-corrected chi connectivity index (χ1v) is 16.3. The quantitative estimate of drug-likeness (QED) is 0.205. The standard InChI is InChI=1S/C40H39N3/c1-26-27(2)34-16-22-43-20-14-30-7-3-4-10-35(30)40(43)38(34)37-33(26)15-21-41-19-13-28(25-36(37)41)11-12-29-23-31-8-5-17-42-18-6-9-32(24-29)39(31)42/h3-4,7,10-14,19-20,23-25H,5-6,8-9,15-18,21-22H2,1-2H3/q+2. The number of pyridine rings is 2. The second-order valence-corrected chi connectivity index (χ2v) is 13.2. The lowest BCUT2D eigenvalue weighted by molar-refractivity contribution is -0.689. The SMILES string of the molecule is Cc1c(C)c2c(c3c1CC[n+]1ccc(/C=C/c4cc5c6c(c4)CCCN6CCC5)cc1-3)-c1c3ccccc3cc[n+]1CC2. The van der Waals surface area contributed by atoms with Gasteiger partial charge in [0.2, 0.25) is 11.4 Å². The molecule has 0 fully saturated rings. The van der Waals surface area contributed by atoms with Crippen LogP contribution in [0.15, 0.2) is 67.0 Å². The Balaban J connectivity index is 1.20. The first-order valence-electron chi connectivity index (χ1n) is 16.3. The van der Waals surface area contributed by atoms with Crippen molar-refractivity contribution in [3.05, 3.63) is 111 Å². The number of rotatable bonds is 2. The van der Waals surface area contributed by atoms with Crippen LogP contribution in [0.2, 0.25) is 0 Å². The van der Waals surface area contributed by atoms with Gasteiger partial charge in [-0.15, -0.1) is 0 Å². The molecule has 0 N–H and O–H groups in total. The largest absolute Gasteiger partial charge is 0.371 e. The summed E-state index contributed by atoms with van der Waals surface area (Å²) >= 11 is 0. The minimum absolute atomic E-state index is 1.03. The molecule has 0 aliphatic carbocycles. The Morgan fingerprint density at radius 2 is 1.35 bits per heavy atom. The third-order valence-corrected chi connectivity index (χ3v) is 10.8. The lowest BCUT2D eigenvalue weighted by atomic mass is 9.79. The highest BCUT2D eigenvalue weighted by Crippen LogP contribution is 2.45. The zero-order valence-electron chi connectivity index (χ0n) is 25.4. The van der Waals surface area contributed by atoms with Crippen molar-refractivity contribution in [1.82, 2.24) is 0 Å². The third-order valence-electron chi connectivity index (χ3n) is 10.8. The van der Waals surface area contributed by atoms with Gasteiger partial charge in [0.05, 0.1) is 16.5 Å². The van der Waals surface area contributed by atoms with E-state index >= 15 is 0 Å². The molecule has 212 valence electrons. The highest BCUT2D eigenvalue weighted by molar-refractivity contribution is 5.99. The molecule has 43 heavy (non-hydrogen) atoms. The topological polar surface area (TPSA) is 11.0 Å².